The monoisotopic (exact) mass is 456 g/mol. The van der Waals surface area contributed by atoms with Crippen LogP contribution in [0.3, 0.4) is 0 Å². The quantitative estimate of drug-likeness (QED) is 0.0826. The van der Waals surface area contributed by atoms with Gasteiger partial charge >= 0.3 is 0 Å². The zero-order valence-electron chi connectivity index (χ0n) is 22.5. The molecule has 0 N–H and O–H groups in total. The molecule has 0 aromatic rings. The maximum absolute atomic E-state index is 5.71. The van der Waals surface area contributed by atoms with Gasteiger partial charge < -0.3 is 18.9 Å². The lowest BCUT2D eigenvalue weighted by Crippen LogP contribution is -2.44. The molecule has 32 heavy (non-hydrogen) atoms. The van der Waals surface area contributed by atoms with E-state index < -0.39 is 5.97 Å². The summed E-state index contributed by atoms with van der Waals surface area (Å²) in [5.74, 6) is -0.600. The second kappa shape index (κ2) is 22.2. The van der Waals surface area contributed by atoms with Crippen molar-refractivity contribution in [2.75, 3.05) is 21.3 Å². The Morgan fingerprint density at radius 3 is 1.44 bits per heavy atom. The fourth-order valence-corrected chi connectivity index (χ4v) is 4.58. The number of rotatable bonds is 24. The predicted octanol–water partition coefficient (Wildman–Crippen LogP) is 8.79. The first-order valence-electron chi connectivity index (χ1n) is 13.5. The number of hydrogen-bond donors (Lipinski definition) is 0. The van der Waals surface area contributed by atoms with Gasteiger partial charge in [0.2, 0.25) is 0 Å². The van der Waals surface area contributed by atoms with Crippen molar-refractivity contribution in [3.05, 3.63) is 12.3 Å². The Morgan fingerprint density at radius 2 is 1.03 bits per heavy atom. The van der Waals surface area contributed by atoms with E-state index in [-0.39, 0.29) is 0 Å². The Labute approximate surface area is 200 Å². The van der Waals surface area contributed by atoms with Gasteiger partial charge in [-0.2, -0.15) is 0 Å². The van der Waals surface area contributed by atoms with E-state index in [1.54, 1.807) is 27.6 Å². The van der Waals surface area contributed by atoms with Crippen LogP contribution in [0.15, 0.2) is 12.3 Å². The van der Waals surface area contributed by atoms with E-state index in [9.17, 15) is 0 Å². The maximum atomic E-state index is 5.71. The highest BCUT2D eigenvalue weighted by Gasteiger charge is 2.39. The summed E-state index contributed by atoms with van der Waals surface area (Å²) in [6, 6.07) is 0. The average molecular weight is 457 g/mol. The molecule has 0 amide bonds. The average Bonchev–Trinajstić information content (AvgIpc) is 2.81. The molecule has 2 unspecified atom stereocenters. The van der Waals surface area contributed by atoms with Crippen molar-refractivity contribution in [1.82, 2.24) is 0 Å². The Morgan fingerprint density at radius 1 is 0.625 bits per heavy atom. The van der Waals surface area contributed by atoms with E-state index in [1.165, 1.54) is 89.9 Å². The predicted molar refractivity (Wildman–Crippen MR) is 137 cm³/mol. The molecule has 0 spiro atoms. The van der Waals surface area contributed by atoms with Crippen molar-refractivity contribution in [3.63, 3.8) is 0 Å². The van der Waals surface area contributed by atoms with E-state index in [2.05, 4.69) is 13.8 Å². The van der Waals surface area contributed by atoms with Crippen molar-refractivity contribution in [3.8, 4) is 0 Å². The van der Waals surface area contributed by atoms with Gasteiger partial charge in [0, 0.05) is 27.2 Å². The van der Waals surface area contributed by atoms with Crippen LogP contribution in [-0.4, -0.2) is 33.4 Å². The van der Waals surface area contributed by atoms with Crippen LogP contribution in [0.1, 0.15) is 130 Å². The molecule has 0 fully saturated rings. The lowest BCUT2D eigenvalue weighted by atomic mass is 9.91. The van der Waals surface area contributed by atoms with Crippen molar-refractivity contribution >= 4 is 0 Å². The van der Waals surface area contributed by atoms with Crippen LogP contribution in [0.4, 0.5) is 0 Å². The summed E-state index contributed by atoms with van der Waals surface area (Å²) < 4.78 is 22.7. The SMILES string of the molecule is CC=COC(C)CCCCCCCCCCC(CCCCCCCC)C(OC)(OC)OC. The summed E-state index contributed by atoms with van der Waals surface area (Å²) in [7, 11) is 5.11. The van der Waals surface area contributed by atoms with Crippen molar-refractivity contribution < 1.29 is 18.9 Å². The third kappa shape index (κ3) is 15.3. The third-order valence-corrected chi connectivity index (χ3v) is 6.62. The van der Waals surface area contributed by atoms with Crippen LogP contribution < -0.4 is 0 Å². The van der Waals surface area contributed by atoms with Crippen molar-refractivity contribution in [2.24, 2.45) is 5.92 Å². The standard InChI is InChI=1S/C28H56O4/c1-7-9-10-11-17-20-23-27(28(29-4,30-5)31-6)24-21-18-15-13-12-14-16-19-22-26(3)32-25-8-2/h8,25-27H,7,9-24H2,1-6H3. The first-order valence-corrected chi connectivity index (χ1v) is 13.5. The van der Waals surface area contributed by atoms with Gasteiger partial charge in [0.1, 0.15) is 0 Å². The summed E-state index contributed by atoms with van der Waals surface area (Å²) in [6.07, 6.45) is 25.8. The Balaban J connectivity index is 4.02. The van der Waals surface area contributed by atoms with Gasteiger partial charge in [0.05, 0.1) is 12.4 Å². The van der Waals surface area contributed by atoms with Crippen LogP contribution in [0.2, 0.25) is 0 Å². The molecule has 0 saturated carbocycles. The fourth-order valence-electron chi connectivity index (χ4n) is 4.58. The van der Waals surface area contributed by atoms with Crippen LogP contribution >= 0.6 is 0 Å². The lowest BCUT2D eigenvalue weighted by Gasteiger charge is -2.36. The number of methoxy groups -OCH3 is 3. The number of ether oxygens (including phenoxy) is 4. The molecule has 0 saturated heterocycles. The molecule has 0 radical (unpaired) electrons. The van der Waals surface area contributed by atoms with Gasteiger partial charge in [-0.3, -0.25) is 0 Å². The smallest absolute Gasteiger partial charge is 0.285 e. The minimum absolute atomic E-state index is 0.292. The second-order valence-electron chi connectivity index (χ2n) is 9.29. The molecule has 0 aliphatic rings. The summed E-state index contributed by atoms with van der Waals surface area (Å²) in [6.45, 7) is 6.42. The van der Waals surface area contributed by atoms with Gasteiger partial charge in [0.25, 0.3) is 5.97 Å². The highest BCUT2D eigenvalue weighted by molar-refractivity contribution is 4.72. The van der Waals surface area contributed by atoms with Crippen molar-refractivity contribution in [2.45, 2.75) is 142 Å². The number of allylic oxidation sites excluding steroid dienone is 1. The van der Waals surface area contributed by atoms with Gasteiger partial charge in [0.15, 0.2) is 0 Å². The first kappa shape index (κ1) is 31.4. The minimum atomic E-state index is -0.892. The van der Waals surface area contributed by atoms with E-state index >= 15 is 0 Å². The molecule has 4 nitrogen and oxygen atoms in total. The van der Waals surface area contributed by atoms with Crippen LogP contribution in [0.25, 0.3) is 0 Å². The van der Waals surface area contributed by atoms with Crippen LogP contribution in [-0.2, 0) is 18.9 Å². The molecule has 0 rings (SSSR count). The van der Waals surface area contributed by atoms with E-state index in [1.807, 2.05) is 13.0 Å². The highest BCUT2D eigenvalue weighted by atomic mass is 16.9. The third-order valence-electron chi connectivity index (χ3n) is 6.62. The normalized spacial score (nSPS) is 14.2. The summed E-state index contributed by atoms with van der Waals surface area (Å²) in [5.41, 5.74) is 0. The molecule has 0 aliphatic heterocycles. The molecule has 4 heteroatoms. The van der Waals surface area contributed by atoms with E-state index in [4.69, 9.17) is 18.9 Å². The summed E-state index contributed by atoms with van der Waals surface area (Å²) >= 11 is 0. The van der Waals surface area contributed by atoms with Gasteiger partial charge in [-0.25, -0.2) is 0 Å². The fraction of sp³-hybridized carbons (Fsp3) is 0.929. The second-order valence-corrected chi connectivity index (χ2v) is 9.29. The van der Waals surface area contributed by atoms with Crippen LogP contribution in [0.5, 0.6) is 0 Å². The maximum Gasteiger partial charge on any atom is 0.285 e. The topological polar surface area (TPSA) is 36.9 Å². The molecule has 2 atom stereocenters. The van der Waals surface area contributed by atoms with Gasteiger partial charge in [-0.1, -0.05) is 96.5 Å². The molecular formula is C28H56O4. The van der Waals surface area contributed by atoms with E-state index in [0.29, 0.717) is 12.0 Å². The Bertz CT molecular complexity index is 398. The van der Waals surface area contributed by atoms with Crippen molar-refractivity contribution in [1.29, 1.82) is 0 Å². The number of unbranched alkanes of at least 4 members (excludes halogenated alkanes) is 12. The summed E-state index contributed by atoms with van der Waals surface area (Å²) in [4.78, 5) is 0. The van der Waals surface area contributed by atoms with Gasteiger partial charge in [-0.05, 0) is 39.5 Å². The molecule has 192 valence electrons. The van der Waals surface area contributed by atoms with Crippen LogP contribution in [0, 0.1) is 5.92 Å². The molecule has 0 aliphatic carbocycles. The first-order chi connectivity index (χ1) is 15.6. The summed E-state index contributed by atoms with van der Waals surface area (Å²) in [5, 5.41) is 0. The zero-order valence-corrected chi connectivity index (χ0v) is 22.5. The zero-order chi connectivity index (χ0) is 23.9. The largest absolute Gasteiger partial charge is 0.499 e. The number of hydrogen-bond acceptors (Lipinski definition) is 4. The Kier molecular flexibility index (Phi) is 21.8. The molecule has 0 bridgehead atoms. The lowest BCUT2D eigenvalue weighted by molar-refractivity contribution is -0.380. The molecular weight excluding hydrogens is 400 g/mol. The highest BCUT2D eigenvalue weighted by Crippen LogP contribution is 2.33. The minimum Gasteiger partial charge on any atom is -0.499 e. The molecule has 0 heterocycles. The Hall–Kier alpha value is -0.580. The molecule has 0 aromatic carbocycles. The van der Waals surface area contributed by atoms with E-state index in [0.717, 1.165) is 19.3 Å². The molecule has 0 aromatic heterocycles. The van der Waals surface area contributed by atoms with Gasteiger partial charge in [-0.15, -0.1) is 0 Å².